The average Bonchev–Trinajstić information content (AvgIpc) is 4.02. The van der Waals surface area contributed by atoms with E-state index in [1.807, 2.05) is 0 Å². The minimum Gasteiger partial charge on any atom is -0.462 e. The van der Waals surface area contributed by atoms with Crippen molar-refractivity contribution in [3.8, 4) is 0 Å². The summed E-state index contributed by atoms with van der Waals surface area (Å²) in [6.45, 7) is 5.99. The molecule has 0 aromatic carbocycles. The lowest BCUT2D eigenvalue weighted by Crippen LogP contribution is -2.18. The fourth-order valence-electron chi connectivity index (χ4n) is 6.91. The maximum Gasteiger partial charge on any atom is 0.327 e. The number of esters is 4. The van der Waals surface area contributed by atoms with Gasteiger partial charge in [0.2, 0.25) is 0 Å². The Hall–Kier alpha value is -5.00. The minimum absolute atomic E-state index is 0.00559. The van der Waals surface area contributed by atoms with Crippen LogP contribution in [0.5, 0.6) is 0 Å². The molecule has 0 saturated heterocycles. The molecule has 2 rings (SSSR count). The fourth-order valence-corrected chi connectivity index (χ4v) is 6.91. The number of allylic oxidation sites excluding steroid dienone is 8. The van der Waals surface area contributed by atoms with Crippen molar-refractivity contribution < 1.29 is 52.3 Å². The number of unbranched alkanes of at least 4 members (excludes halogenated alkanes) is 16. The molecule has 2 heterocycles. The van der Waals surface area contributed by atoms with E-state index < -0.39 is 11.9 Å². The minimum atomic E-state index is -0.499. The first-order valence-electron chi connectivity index (χ1n) is 26.6. The number of hydrogen-bond donors (Lipinski definition) is 0. The second-order valence-electron chi connectivity index (χ2n) is 17.4. The van der Waals surface area contributed by atoms with Gasteiger partial charge < -0.3 is 33.2 Å². The molecule has 0 radical (unpaired) electrons. The smallest absolute Gasteiger partial charge is 0.327 e. The molecule has 0 aliphatic heterocycles. The molecular weight excluding hydrogens is 909 g/mol. The molecule has 0 saturated carbocycles. The van der Waals surface area contributed by atoms with Crippen LogP contribution in [0.15, 0.2) is 61.0 Å². The fraction of sp³-hybridized carbons (Fsp3) is 0.704. The Morgan fingerprint density at radius 1 is 0.408 bits per heavy atom. The summed E-state index contributed by atoms with van der Waals surface area (Å²) < 4.78 is 40.0. The van der Waals surface area contributed by atoms with Crippen LogP contribution in [0.25, 0.3) is 0 Å². The number of carbonyl (C=O) groups excluding carboxylic acids is 4. The van der Waals surface area contributed by atoms with Gasteiger partial charge in [-0.15, -0.1) is 10.2 Å². The van der Waals surface area contributed by atoms with Crippen molar-refractivity contribution in [1.82, 2.24) is 30.0 Å². The lowest BCUT2D eigenvalue weighted by Gasteiger charge is -2.08. The predicted molar refractivity (Wildman–Crippen MR) is 273 cm³/mol. The molecule has 0 fully saturated rings. The van der Waals surface area contributed by atoms with Crippen molar-refractivity contribution in [2.45, 2.75) is 194 Å². The molecule has 0 atom stereocenters. The second kappa shape index (κ2) is 46.1. The van der Waals surface area contributed by atoms with Crippen molar-refractivity contribution in [1.29, 1.82) is 0 Å². The highest BCUT2D eigenvalue weighted by atomic mass is 16.6. The maximum absolute atomic E-state index is 12.2. The molecule has 17 heteroatoms. The number of carbonyl (C=O) groups is 4. The summed E-state index contributed by atoms with van der Waals surface area (Å²) in [6.07, 6.45) is 46.7. The Morgan fingerprint density at radius 2 is 0.746 bits per heavy atom. The van der Waals surface area contributed by atoms with Gasteiger partial charge in [-0.3, -0.25) is 19.2 Å². The topological polar surface area (TPSA) is 194 Å². The quantitative estimate of drug-likeness (QED) is 0.0263. The molecule has 0 unspecified atom stereocenters. The largest absolute Gasteiger partial charge is 0.462 e. The van der Waals surface area contributed by atoms with Crippen LogP contribution in [-0.4, -0.2) is 107 Å². The van der Waals surface area contributed by atoms with E-state index in [0.717, 1.165) is 64.2 Å². The van der Waals surface area contributed by atoms with Crippen molar-refractivity contribution in [3.63, 3.8) is 0 Å². The van der Waals surface area contributed by atoms with E-state index in [-0.39, 0.29) is 64.7 Å². The monoisotopic (exact) mass is 997 g/mol. The highest BCUT2D eigenvalue weighted by molar-refractivity contribution is 5.70. The SMILES string of the molecule is CCCCCCC/C=C/C/C=C/CCCCCC(=O)OCc1cn(CC(=O)OCCOCCOCCOCCOC(=O)Cn2cc(COC(=O)CCCCC/C=C/C/C=C/CCCCCCC)nn2)nn1. The predicted octanol–water partition coefficient (Wildman–Crippen LogP) is 10.4. The third-order valence-electron chi connectivity index (χ3n) is 10.9. The van der Waals surface area contributed by atoms with Crippen molar-refractivity contribution in [2.24, 2.45) is 0 Å². The Morgan fingerprint density at radius 3 is 1.11 bits per heavy atom. The molecule has 0 aliphatic rings. The molecule has 400 valence electrons. The zero-order valence-corrected chi connectivity index (χ0v) is 43.4. The van der Waals surface area contributed by atoms with Gasteiger partial charge in [-0.25, -0.2) is 9.36 Å². The molecular formula is C54H88N6O11. The number of aromatic nitrogens is 6. The number of ether oxygens (including phenoxy) is 7. The highest BCUT2D eigenvalue weighted by Crippen LogP contribution is 2.10. The molecule has 17 nitrogen and oxygen atoms in total. The van der Waals surface area contributed by atoms with Crippen molar-refractivity contribution in [3.05, 3.63) is 72.4 Å². The van der Waals surface area contributed by atoms with Crippen LogP contribution >= 0.6 is 0 Å². The highest BCUT2D eigenvalue weighted by Gasteiger charge is 2.12. The summed E-state index contributed by atoms with van der Waals surface area (Å²) in [4.78, 5) is 48.7. The Balaban J connectivity index is 1.34. The van der Waals surface area contributed by atoms with Gasteiger partial charge in [0.15, 0.2) is 0 Å². The van der Waals surface area contributed by atoms with Gasteiger partial charge in [-0.2, -0.15) is 0 Å². The Labute approximate surface area is 424 Å². The van der Waals surface area contributed by atoms with E-state index in [4.69, 9.17) is 33.2 Å². The van der Waals surface area contributed by atoms with Crippen LogP contribution in [0, 0.1) is 0 Å². The van der Waals surface area contributed by atoms with Crippen LogP contribution in [0.4, 0.5) is 0 Å². The van der Waals surface area contributed by atoms with E-state index in [1.165, 1.54) is 86.4 Å². The number of nitrogens with zero attached hydrogens (tertiary/aromatic N) is 6. The summed E-state index contributed by atoms with van der Waals surface area (Å²) in [5.41, 5.74) is 0.896. The van der Waals surface area contributed by atoms with E-state index >= 15 is 0 Å². The second-order valence-corrected chi connectivity index (χ2v) is 17.4. The Kier molecular flexibility index (Phi) is 40.3. The van der Waals surface area contributed by atoms with Gasteiger partial charge in [0.1, 0.15) is 50.9 Å². The lowest BCUT2D eigenvalue weighted by atomic mass is 10.1. The maximum atomic E-state index is 12.2. The lowest BCUT2D eigenvalue weighted by molar-refractivity contribution is -0.147. The summed E-state index contributed by atoms with van der Waals surface area (Å²) in [7, 11) is 0. The zero-order chi connectivity index (χ0) is 50.9. The zero-order valence-electron chi connectivity index (χ0n) is 43.4. The summed E-state index contributed by atoms with van der Waals surface area (Å²) >= 11 is 0. The first kappa shape index (κ1) is 62.1. The molecule has 0 aliphatic carbocycles. The van der Waals surface area contributed by atoms with Crippen molar-refractivity contribution in [2.75, 3.05) is 52.9 Å². The molecule has 0 spiro atoms. The number of rotatable bonds is 48. The summed E-state index contributed by atoms with van der Waals surface area (Å²) in [5.74, 6) is -1.56. The van der Waals surface area contributed by atoms with E-state index in [2.05, 4.69) is 83.1 Å². The molecule has 0 N–H and O–H groups in total. The third-order valence-corrected chi connectivity index (χ3v) is 10.9. The van der Waals surface area contributed by atoms with Crippen LogP contribution in [0.1, 0.15) is 179 Å². The third kappa shape index (κ3) is 39.3. The normalized spacial score (nSPS) is 11.7. The molecule has 71 heavy (non-hydrogen) atoms. The first-order valence-corrected chi connectivity index (χ1v) is 26.6. The molecule has 2 aromatic heterocycles. The van der Waals surface area contributed by atoms with Gasteiger partial charge in [-0.05, 0) is 77.0 Å². The summed E-state index contributed by atoms with van der Waals surface area (Å²) in [6, 6.07) is 0. The Bertz CT molecular complexity index is 1630. The van der Waals surface area contributed by atoms with E-state index in [0.29, 0.717) is 50.7 Å². The molecule has 0 amide bonds. The van der Waals surface area contributed by atoms with Crippen LogP contribution in [0.2, 0.25) is 0 Å². The first-order chi connectivity index (χ1) is 34.9. The molecule has 0 bridgehead atoms. The van der Waals surface area contributed by atoms with Gasteiger partial charge in [0, 0.05) is 12.8 Å². The number of hydrogen-bond acceptors (Lipinski definition) is 15. The van der Waals surface area contributed by atoms with E-state index in [9.17, 15) is 19.2 Å². The van der Waals surface area contributed by atoms with Crippen LogP contribution < -0.4 is 0 Å². The average molecular weight is 997 g/mol. The standard InChI is InChI=1S/C54H88N6O11/c1-3-5-7-9-11-13-15-17-19-21-23-25-27-29-31-33-51(61)70-47-49-43-59(57-55-49)45-53(63)68-41-39-66-37-35-65-36-38-67-40-42-69-54(64)46-60-44-50(56-58-60)48-71-52(62)34-32-30-28-26-24-22-20-18-16-14-12-10-8-6-4-2/h15-18,21-24,43-44H,3-14,19-20,25-42,45-48H2,1-2H3/b17-15+,18-16+,23-21+,24-22+. The van der Waals surface area contributed by atoms with Crippen molar-refractivity contribution >= 4 is 23.9 Å². The summed E-state index contributed by atoms with van der Waals surface area (Å²) in [5, 5.41) is 15.7. The van der Waals surface area contributed by atoms with E-state index in [1.54, 1.807) is 12.4 Å². The van der Waals surface area contributed by atoms with Gasteiger partial charge in [-0.1, -0.05) is 137 Å². The molecule has 2 aromatic rings. The van der Waals surface area contributed by atoms with Gasteiger partial charge in [0.25, 0.3) is 0 Å². The van der Waals surface area contributed by atoms with Gasteiger partial charge >= 0.3 is 23.9 Å². The van der Waals surface area contributed by atoms with Gasteiger partial charge in [0.05, 0.1) is 52.0 Å². The van der Waals surface area contributed by atoms with Crippen LogP contribution in [0.3, 0.4) is 0 Å². The van der Waals surface area contributed by atoms with Crippen LogP contribution in [-0.2, 0) is 78.6 Å².